The third-order valence-electron chi connectivity index (χ3n) is 4.75. The molecule has 1 fully saturated rings. The molecule has 0 saturated carbocycles. The van der Waals surface area contributed by atoms with Crippen LogP contribution >= 0.6 is 0 Å². The molecule has 1 aliphatic rings. The number of rotatable bonds is 5. The van der Waals surface area contributed by atoms with Crippen LogP contribution in [0.25, 0.3) is 0 Å². The molecule has 8 heteroatoms. The number of methoxy groups -OCH3 is 1. The van der Waals surface area contributed by atoms with Gasteiger partial charge in [-0.05, 0) is 43.7 Å². The Balaban J connectivity index is 1.61. The fourth-order valence-electron chi connectivity index (χ4n) is 3.18. The normalized spacial score (nSPS) is 13.8. The summed E-state index contributed by atoms with van der Waals surface area (Å²) in [6, 6.07) is 9.16. The van der Waals surface area contributed by atoms with Gasteiger partial charge in [0.25, 0.3) is 5.91 Å². The van der Waals surface area contributed by atoms with Crippen LogP contribution in [0.2, 0.25) is 0 Å². The van der Waals surface area contributed by atoms with E-state index < -0.39 is 0 Å². The van der Waals surface area contributed by atoms with Crippen LogP contribution in [-0.4, -0.2) is 61.8 Å². The summed E-state index contributed by atoms with van der Waals surface area (Å²) in [4.78, 5) is 32.5. The molecule has 2 aromatic rings. The molecule has 0 spiro atoms. The van der Waals surface area contributed by atoms with Gasteiger partial charge in [-0.15, -0.1) is 0 Å². The van der Waals surface area contributed by atoms with Crippen molar-refractivity contribution in [1.82, 2.24) is 9.88 Å². The largest absolute Gasteiger partial charge is 0.495 e. The lowest BCUT2D eigenvalue weighted by atomic mass is 10.2. The van der Waals surface area contributed by atoms with Crippen molar-refractivity contribution < 1.29 is 19.1 Å². The highest BCUT2D eigenvalue weighted by Crippen LogP contribution is 2.26. The average Bonchev–Trinajstić information content (AvgIpc) is 2.74. The second-order valence-electron chi connectivity index (χ2n) is 6.73. The fraction of sp³-hybridized carbons (Fsp3) is 0.381. The molecule has 0 radical (unpaired) electrons. The Morgan fingerprint density at radius 2 is 1.90 bits per heavy atom. The van der Waals surface area contributed by atoms with Crippen LogP contribution in [-0.2, 0) is 4.74 Å². The van der Waals surface area contributed by atoms with Crippen LogP contribution in [0.4, 0.5) is 16.2 Å². The minimum absolute atomic E-state index is 0.274. The molecule has 8 nitrogen and oxygen atoms in total. The molecule has 1 saturated heterocycles. The van der Waals surface area contributed by atoms with Gasteiger partial charge in [0.05, 0.1) is 31.3 Å². The van der Waals surface area contributed by atoms with E-state index >= 15 is 0 Å². The Morgan fingerprint density at radius 1 is 1.14 bits per heavy atom. The van der Waals surface area contributed by atoms with Gasteiger partial charge in [0, 0.05) is 26.2 Å². The zero-order chi connectivity index (χ0) is 20.8. The Hall–Kier alpha value is -3.29. The van der Waals surface area contributed by atoms with Crippen LogP contribution < -0.4 is 15.0 Å². The van der Waals surface area contributed by atoms with E-state index in [1.54, 1.807) is 31.2 Å². The molecule has 3 rings (SSSR count). The number of anilines is 2. The number of hydrogen-bond acceptors (Lipinski definition) is 6. The second kappa shape index (κ2) is 9.27. The number of ether oxygens (including phenoxy) is 2. The SMILES string of the molecule is CCOC(=O)N1CCN(c2ccc(C(=O)Nc3cc(C)ccc3OC)nc2)CC1. The Kier molecular flexibility index (Phi) is 6.54. The van der Waals surface area contributed by atoms with Crippen molar-refractivity contribution in [3.05, 3.63) is 47.8 Å². The zero-order valence-electron chi connectivity index (χ0n) is 17.0. The quantitative estimate of drug-likeness (QED) is 0.834. The van der Waals surface area contributed by atoms with Gasteiger partial charge in [-0.1, -0.05) is 6.07 Å². The van der Waals surface area contributed by atoms with Gasteiger partial charge in [0.1, 0.15) is 11.4 Å². The minimum Gasteiger partial charge on any atom is -0.495 e. The summed E-state index contributed by atoms with van der Waals surface area (Å²) in [6.07, 6.45) is 1.41. The van der Waals surface area contributed by atoms with Gasteiger partial charge < -0.3 is 24.6 Å². The maximum absolute atomic E-state index is 12.6. The molecule has 154 valence electrons. The molecular weight excluding hydrogens is 372 g/mol. The summed E-state index contributed by atoms with van der Waals surface area (Å²) in [5.74, 6) is 0.299. The number of piperazine rings is 1. The molecule has 0 unspecified atom stereocenters. The standard InChI is InChI=1S/C21H26N4O4/c1-4-29-21(27)25-11-9-24(10-12-25)16-6-7-17(22-14-16)20(26)23-18-13-15(2)5-8-19(18)28-3/h5-8,13-14H,4,9-12H2,1-3H3,(H,23,26). The molecular formula is C21H26N4O4. The first-order chi connectivity index (χ1) is 14.0. The predicted octanol–water partition coefficient (Wildman–Crippen LogP) is 2.93. The van der Waals surface area contributed by atoms with E-state index in [9.17, 15) is 9.59 Å². The molecule has 1 aliphatic heterocycles. The summed E-state index contributed by atoms with van der Waals surface area (Å²) in [7, 11) is 1.56. The van der Waals surface area contributed by atoms with Crippen LogP contribution in [0.3, 0.4) is 0 Å². The number of nitrogens with zero attached hydrogens (tertiary/aromatic N) is 3. The third kappa shape index (κ3) is 4.96. The van der Waals surface area contributed by atoms with Crippen LogP contribution in [0.15, 0.2) is 36.5 Å². The second-order valence-corrected chi connectivity index (χ2v) is 6.73. The van der Waals surface area contributed by atoms with Gasteiger partial charge in [0.15, 0.2) is 0 Å². The van der Waals surface area contributed by atoms with Crippen molar-refractivity contribution in [2.45, 2.75) is 13.8 Å². The van der Waals surface area contributed by atoms with E-state index in [0.29, 0.717) is 49.9 Å². The average molecular weight is 398 g/mol. The molecule has 1 aromatic heterocycles. The Labute approximate surface area is 170 Å². The number of carbonyl (C=O) groups is 2. The van der Waals surface area contributed by atoms with Crippen LogP contribution in [0.1, 0.15) is 23.0 Å². The summed E-state index contributed by atoms with van der Waals surface area (Å²) >= 11 is 0. The lowest BCUT2D eigenvalue weighted by Gasteiger charge is -2.35. The molecule has 1 aromatic carbocycles. The topological polar surface area (TPSA) is 84.0 Å². The molecule has 2 heterocycles. The number of nitrogens with one attached hydrogen (secondary N) is 1. The van der Waals surface area contributed by atoms with Crippen molar-refractivity contribution in [3.63, 3.8) is 0 Å². The van der Waals surface area contributed by atoms with E-state index in [2.05, 4.69) is 15.2 Å². The van der Waals surface area contributed by atoms with Crippen molar-refractivity contribution in [2.75, 3.05) is 50.1 Å². The highest BCUT2D eigenvalue weighted by molar-refractivity contribution is 6.03. The van der Waals surface area contributed by atoms with Gasteiger partial charge in [-0.25, -0.2) is 9.78 Å². The summed E-state index contributed by atoms with van der Waals surface area (Å²) in [6.45, 7) is 6.68. The van der Waals surface area contributed by atoms with Crippen molar-refractivity contribution in [3.8, 4) is 5.75 Å². The smallest absolute Gasteiger partial charge is 0.409 e. The Morgan fingerprint density at radius 3 is 2.52 bits per heavy atom. The third-order valence-corrected chi connectivity index (χ3v) is 4.75. The summed E-state index contributed by atoms with van der Waals surface area (Å²) in [5, 5.41) is 2.85. The molecule has 0 aliphatic carbocycles. The molecule has 0 bridgehead atoms. The number of amides is 2. The summed E-state index contributed by atoms with van der Waals surface area (Å²) < 4.78 is 10.3. The van der Waals surface area contributed by atoms with E-state index in [0.717, 1.165) is 11.3 Å². The number of benzene rings is 1. The van der Waals surface area contributed by atoms with Gasteiger partial charge in [0.2, 0.25) is 0 Å². The number of pyridine rings is 1. The minimum atomic E-state index is -0.299. The predicted molar refractivity (Wildman–Crippen MR) is 111 cm³/mol. The first-order valence-corrected chi connectivity index (χ1v) is 9.60. The highest BCUT2D eigenvalue weighted by Gasteiger charge is 2.22. The first kappa shape index (κ1) is 20.4. The number of carbonyl (C=O) groups excluding carboxylic acids is 2. The number of hydrogen-bond donors (Lipinski definition) is 1. The van der Waals surface area contributed by atoms with E-state index in [1.807, 2.05) is 31.2 Å². The van der Waals surface area contributed by atoms with Gasteiger partial charge in [-0.2, -0.15) is 0 Å². The molecule has 2 amide bonds. The van der Waals surface area contributed by atoms with Gasteiger partial charge >= 0.3 is 6.09 Å². The van der Waals surface area contributed by atoms with Crippen molar-refractivity contribution in [2.24, 2.45) is 0 Å². The van der Waals surface area contributed by atoms with Gasteiger partial charge in [-0.3, -0.25) is 4.79 Å². The molecule has 0 atom stereocenters. The van der Waals surface area contributed by atoms with E-state index in [1.165, 1.54) is 0 Å². The molecule has 1 N–H and O–H groups in total. The number of aromatic nitrogens is 1. The monoisotopic (exact) mass is 398 g/mol. The number of aryl methyl sites for hydroxylation is 1. The Bertz CT molecular complexity index is 861. The lowest BCUT2D eigenvalue weighted by molar-refractivity contribution is 0.101. The van der Waals surface area contributed by atoms with Crippen molar-refractivity contribution >= 4 is 23.4 Å². The van der Waals surface area contributed by atoms with Crippen LogP contribution in [0.5, 0.6) is 5.75 Å². The van der Waals surface area contributed by atoms with Crippen LogP contribution in [0, 0.1) is 6.92 Å². The fourth-order valence-corrected chi connectivity index (χ4v) is 3.18. The van der Waals surface area contributed by atoms with E-state index in [-0.39, 0.29) is 12.0 Å². The highest BCUT2D eigenvalue weighted by atomic mass is 16.6. The van der Waals surface area contributed by atoms with E-state index in [4.69, 9.17) is 9.47 Å². The van der Waals surface area contributed by atoms with Crippen molar-refractivity contribution in [1.29, 1.82) is 0 Å². The zero-order valence-corrected chi connectivity index (χ0v) is 17.0. The molecule has 29 heavy (non-hydrogen) atoms. The summed E-state index contributed by atoms with van der Waals surface area (Å²) in [5.41, 5.74) is 2.87. The lowest BCUT2D eigenvalue weighted by Crippen LogP contribution is -2.49. The first-order valence-electron chi connectivity index (χ1n) is 9.60. The maximum atomic E-state index is 12.6. The maximum Gasteiger partial charge on any atom is 0.409 e.